The highest BCUT2D eigenvalue weighted by Gasteiger charge is 2.04. The second-order valence-electron chi connectivity index (χ2n) is 3.87. The fraction of sp³-hybridized carbons (Fsp3) is 0.364. The molecule has 1 aromatic rings. The predicted octanol–water partition coefficient (Wildman–Crippen LogP) is 0.652. The average molecular weight is 252 g/mol. The van der Waals surface area contributed by atoms with Crippen molar-refractivity contribution in [1.82, 2.24) is 10.3 Å². The first-order valence-electron chi connectivity index (χ1n) is 5.28. The normalized spacial score (nSPS) is 10.1. The van der Waals surface area contributed by atoms with Crippen molar-refractivity contribution in [3.63, 3.8) is 0 Å². The van der Waals surface area contributed by atoms with Gasteiger partial charge in [-0.05, 0) is 26.0 Å². The Balaban J connectivity index is 2.54. The lowest BCUT2D eigenvalue weighted by molar-refractivity contribution is -0.119. The lowest BCUT2D eigenvalue weighted by Crippen LogP contribution is -2.34. The summed E-state index contributed by atoms with van der Waals surface area (Å²) in [6, 6.07) is 3.60. The van der Waals surface area contributed by atoms with Crippen LogP contribution in [-0.2, 0) is 4.79 Å². The summed E-state index contributed by atoms with van der Waals surface area (Å²) in [5, 5.41) is 5.76. The number of carbonyl (C=O) groups is 1. The van der Waals surface area contributed by atoms with E-state index in [4.69, 9.17) is 18.0 Å². The molecular weight excluding hydrogens is 236 g/mol. The molecule has 0 aromatic carbocycles. The van der Waals surface area contributed by atoms with Crippen LogP contribution < -0.4 is 16.4 Å². The van der Waals surface area contributed by atoms with Gasteiger partial charge in [-0.3, -0.25) is 9.78 Å². The van der Waals surface area contributed by atoms with Crippen LogP contribution in [0.5, 0.6) is 0 Å². The number of pyridine rings is 1. The van der Waals surface area contributed by atoms with Gasteiger partial charge in [-0.25, -0.2) is 0 Å². The summed E-state index contributed by atoms with van der Waals surface area (Å²) in [7, 11) is 0. The molecule has 0 spiro atoms. The number of thiocarbonyl (C=S) groups is 1. The van der Waals surface area contributed by atoms with E-state index in [-0.39, 0.29) is 23.5 Å². The monoisotopic (exact) mass is 252 g/mol. The molecule has 1 aromatic heterocycles. The molecule has 0 saturated heterocycles. The quantitative estimate of drug-likeness (QED) is 0.671. The zero-order valence-electron chi connectivity index (χ0n) is 9.86. The molecule has 17 heavy (non-hydrogen) atoms. The summed E-state index contributed by atoms with van der Waals surface area (Å²) < 4.78 is 0. The van der Waals surface area contributed by atoms with Crippen LogP contribution in [0, 0.1) is 0 Å². The summed E-state index contributed by atoms with van der Waals surface area (Å²) in [6.07, 6.45) is 1.59. The van der Waals surface area contributed by atoms with Crippen LogP contribution in [0.2, 0.25) is 0 Å². The molecule has 0 aliphatic rings. The van der Waals surface area contributed by atoms with Gasteiger partial charge in [0.25, 0.3) is 0 Å². The SMILES string of the molecule is CC(C)NC(=O)CNc1ccnc(C(N)=S)c1. The number of amides is 1. The Morgan fingerprint density at radius 2 is 2.29 bits per heavy atom. The van der Waals surface area contributed by atoms with Crippen molar-refractivity contribution in [3.8, 4) is 0 Å². The molecule has 0 saturated carbocycles. The average Bonchev–Trinajstić information content (AvgIpc) is 2.26. The minimum Gasteiger partial charge on any atom is -0.388 e. The van der Waals surface area contributed by atoms with Crippen LogP contribution in [0.15, 0.2) is 18.3 Å². The van der Waals surface area contributed by atoms with Crippen molar-refractivity contribution in [2.45, 2.75) is 19.9 Å². The summed E-state index contributed by atoms with van der Waals surface area (Å²) in [5.74, 6) is -0.0614. The van der Waals surface area contributed by atoms with Gasteiger partial charge in [0.1, 0.15) is 4.99 Å². The molecule has 0 aliphatic carbocycles. The summed E-state index contributed by atoms with van der Waals surface area (Å²) >= 11 is 4.82. The number of hydrogen-bond donors (Lipinski definition) is 3. The maximum absolute atomic E-state index is 11.4. The molecule has 1 rings (SSSR count). The molecule has 0 bridgehead atoms. The van der Waals surface area contributed by atoms with Gasteiger partial charge in [0.2, 0.25) is 5.91 Å². The zero-order valence-corrected chi connectivity index (χ0v) is 10.7. The lowest BCUT2D eigenvalue weighted by Gasteiger charge is -2.10. The molecule has 0 aliphatic heterocycles. The first-order chi connectivity index (χ1) is 7.99. The highest BCUT2D eigenvalue weighted by Crippen LogP contribution is 2.07. The number of nitrogens with two attached hydrogens (primary N) is 1. The van der Waals surface area contributed by atoms with Crippen molar-refractivity contribution in [2.75, 3.05) is 11.9 Å². The van der Waals surface area contributed by atoms with E-state index in [1.807, 2.05) is 13.8 Å². The van der Waals surface area contributed by atoms with Gasteiger partial charge in [-0.2, -0.15) is 0 Å². The summed E-state index contributed by atoms with van der Waals surface area (Å²) in [5.41, 5.74) is 6.77. The Kier molecular flexibility index (Phi) is 4.84. The molecule has 5 nitrogen and oxygen atoms in total. The highest BCUT2D eigenvalue weighted by molar-refractivity contribution is 7.80. The molecule has 6 heteroatoms. The number of anilines is 1. The maximum Gasteiger partial charge on any atom is 0.239 e. The van der Waals surface area contributed by atoms with Gasteiger partial charge < -0.3 is 16.4 Å². The van der Waals surface area contributed by atoms with Crippen LogP contribution in [-0.4, -0.2) is 28.5 Å². The van der Waals surface area contributed by atoms with Crippen LogP contribution in [0.25, 0.3) is 0 Å². The second-order valence-corrected chi connectivity index (χ2v) is 4.31. The van der Waals surface area contributed by atoms with Crippen LogP contribution in [0.1, 0.15) is 19.5 Å². The van der Waals surface area contributed by atoms with Crippen LogP contribution >= 0.6 is 12.2 Å². The van der Waals surface area contributed by atoms with Crippen molar-refractivity contribution >= 4 is 28.8 Å². The predicted molar refractivity (Wildman–Crippen MR) is 71.9 cm³/mol. The Labute approximate surface area is 106 Å². The van der Waals surface area contributed by atoms with Crippen molar-refractivity contribution in [2.24, 2.45) is 5.73 Å². The molecule has 0 unspecified atom stereocenters. The van der Waals surface area contributed by atoms with E-state index in [1.54, 1.807) is 18.3 Å². The van der Waals surface area contributed by atoms with Crippen LogP contribution in [0.3, 0.4) is 0 Å². The second kappa shape index (κ2) is 6.15. The van der Waals surface area contributed by atoms with Crippen LogP contribution in [0.4, 0.5) is 5.69 Å². The largest absolute Gasteiger partial charge is 0.388 e. The molecule has 0 fully saturated rings. The molecule has 1 amide bonds. The van der Waals surface area contributed by atoms with E-state index in [1.165, 1.54) is 0 Å². The van der Waals surface area contributed by atoms with Crippen molar-refractivity contribution < 1.29 is 4.79 Å². The Hall–Kier alpha value is -1.69. The third kappa shape index (κ3) is 4.78. The highest BCUT2D eigenvalue weighted by atomic mass is 32.1. The van der Waals surface area contributed by atoms with E-state index < -0.39 is 0 Å². The summed E-state index contributed by atoms with van der Waals surface area (Å²) in [4.78, 5) is 15.6. The van der Waals surface area contributed by atoms with Gasteiger partial charge in [-0.15, -0.1) is 0 Å². The van der Waals surface area contributed by atoms with Crippen molar-refractivity contribution in [1.29, 1.82) is 0 Å². The van der Waals surface area contributed by atoms with Gasteiger partial charge >= 0.3 is 0 Å². The van der Waals surface area contributed by atoms with Gasteiger partial charge in [0.15, 0.2) is 0 Å². The fourth-order valence-corrected chi connectivity index (χ4v) is 1.34. The number of hydrogen-bond acceptors (Lipinski definition) is 4. The maximum atomic E-state index is 11.4. The Morgan fingerprint density at radius 3 is 2.88 bits per heavy atom. The number of carbonyl (C=O) groups excluding carboxylic acids is 1. The third-order valence-corrected chi connectivity index (χ3v) is 2.12. The molecular formula is C11H16N4OS. The van der Waals surface area contributed by atoms with Gasteiger partial charge in [0, 0.05) is 17.9 Å². The fourth-order valence-electron chi connectivity index (χ4n) is 1.23. The number of rotatable bonds is 5. The number of nitrogens with zero attached hydrogens (tertiary/aromatic N) is 1. The Bertz CT molecular complexity index is 420. The lowest BCUT2D eigenvalue weighted by atomic mass is 10.3. The first kappa shape index (κ1) is 13.4. The van der Waals surface area contributed by atoms with Gasteiger partial charge in [-0.1, -0.05) is 12.2 Å². The molecule has 4 N–H and O–H groups in total. The smallest absolute Gasteiger partial charge is 0.239 e. The number of aromatic nitrogens is 1. The van der Waals surface area contributed by atoms with E-state index in [9.17, 15) is 4.79 Å². The molecule has 0 atom stereocenters. The molecule has 92 valence electrons. The van der Waals surface area contributed by atoms with Gasteiger partial charge in [0.05, 0.1) is 12.2 Å². The van der Waals surface area contributed by atoms with E-state index in [0.29, 0.717) is 5.69 Å². The number of nitrogens with one attached hydrogen (secondary N) is 2. The van der Waals surface area contributed by atoms with E-state index >= 15 is 0 Å². The first-order valence-corrected chi connectivity index (χ1v) is 5.69. The topological polar surface area (TPSA) is 80.0 Å². The minimum absolute atomic E-state index is 0.0614. The zero-order chi connectivity index (χ0) is 12.8. The summed E-state index contributed by atoms with van der Waals surface area (Å²) in [6.45, 7) is 4.03. The minimum atomic E-state index is -0.0614. The van der Waals surface area contributed by atoms with Crippen molar-refractivity contribution in [3.05, 3.63) is 24.0 Å². The molecule has 1 heterocycles. The van der Waals surface area contributed by atoms with E-state index in [2.05, 4.69) is 15.6 Å². The standard InChI is InChI=1S/C11H16N4OS/c1-7(2)15-10(16)6-14-8-3-4-13-9(5-8)11(12)17/h3-5,7H,6H2,1-2H3,(H2,12,17)(H,13,14)(H,15,16). The molecule has 0 radical (unpaired) electrons. The third-order valence-electron chi connectivity index (χ3n) is 1.92. The Morgan fingerprint density at radius 1 is 1.59 bits per heavy atom. The van der Waals surface area contributed by atoms with E-state index in [0.717, 1.165) is 5.69 Å².